The van der Waals surface area contributed by atoms with Crippen molar-refractivity contribution in [2.24, 2.45) is 0 Å². The number of rotatable bonds is 5. The normalized spacial score (nSPS) is 19.1. The van der Waals surface area contributed by atoms with Crippen molar-refractivity contribution in [3.8, 4) is 5.75 Å². The molecule has 2 aromatic rings. The van der Waals surface area contributed by atoms with Crippen LogP contribution < -0.4 is 10.4 Å². The Morgan fingerprint density at radius 1 is 1.13 bits per heavy atom. The van der Waals surface area contributed by atoms with Gasteiger partial charge in [-0.15, -0.1) is 0 Å². The molecule has 2 aliphatic heterocycles. The van der Waals surface area contributed by atoms with Crippen molar-refractivity contribution in [2.45, 2.75) is 57.9 Å². The number of likely N-dealkylation sites (tertiary alicyclic amines) is 2. The zero-order chi connectivity index (χ0) is 22.0. The Balaban J connectivity index is 1.50. The van der Waals surface area contributed by atoms with E-state index in [4.69, 9.17) is 9.15 Å². The lowest BCUT2D eigenvalue weighted by Crippen LogP contribution is -2.52. The van der Waals surface area contributed by atoms with Gasteiger partial charge in [-0.05, 0) is 63.1 Å². The molecular formula is C24H30N2O5. The van der Waals surface area contributed by atoms with Gasteiger partial charge in [-0.1, -0.05) is 0 Å². The number of fused-ring (bicyclic) bond motifs is 1. The number of aryl methyl sites for hydroxylation is 1. The number of benzene rings is 1. The summed E-state index contributed by atoms with van der Waals surface area (Å²) in [7, 11) is 1.56. The molecule has 0 radical (unpaired) electrons. The van der Waals surface area contributed by atoms with E-state index in [2.05, 4.69) is 0 Å². The Morgan fingerprint density at radius 2 is 1.87 bits per heavy atom. The fraction of sp³-hybridized carbons (Fsp3) is 0.542. The van der Waals surface area contributed by atoms with Crippen LogP contribution in [0.5, 0.6) is 5.75 Å². The van der Waals surface area contributed by atoms with Gasteiger partial charge in [0.1, 0.15) is 17.4 Å². The van der Waals surface area contributed by atoms with Gasteiger partial charge in [0.2, 0.25) is 11.8 Å². The molecule has 0 N–H and O–H groups in total. The molecule has 3 heterocycles. The fourth-order valence-electron chi connectivity index (χ4n) is 4.80. The van der Waals surface area contributed by atoms with Crippen molar-refractivity contribution in [2.75, 3.05) is 26.7 Å². The average molecular weight is 427 g/mol. The molecule has 0 aliphatic carbocycles. The monoisotopic (exact) mass is 426 g/mol. The van der Waals surface area contributed by atoms with Crippen LogP contribution in [0.25, 0.3) is 11.0 Å². The first-order valence-corrected chi connectivity index (χ1v) is 11.2. The maximum Gasteiger partial charge on any atom is 0.339 e. The number of hydrogen-bond acceptors (Lipinski definition) is 5. The van der Waals surface area contributed by atoms with Gasteiger partial charge in [-0.3, -0.25) is 9.59 Å². The number of methoxy groups -OCH3 is 1. The molecule has 4 rings (SSSR count). The van der Waals surface area contributed by atoms with E-state index in [9.17, 15) is 14.4 Å². The summed E-state index contributed by atoms with van der Waals surface area (Å²) in [5.41, 5.74) is 1.40. The topological polar surface area (TPSA) is 80.1 Å². The molecule has 2 aliphatic rings. The van der Waals surface area contributed by atoms with Crippen LogP contribution in [0.1, 0.15) is 49.7 Å². The number of amides is 2. The summed E-state index contributed by atoms with van der Waals surface area (Å²) < 4.78 is 10.7. The molecule has 7 nitrogen and oxygen atoms in total. The van der Waals surface area contributed by atoms with E-state index in [-0.39, 0.29) is 24.3 Å². The van der Waals surface area contributed by atoms with E-state index >= 15 is 0 Å². The molecule has 1 aromatic heterocycles. The summed E-state index contributed by atoms with van der Waals surface area (Å²) in [4.78, 5) is 42.3. The van der Waals surface area contributed by atoms with Gasteiger partial charge >= 0.3 is 5.63 Å². The first-order chi connectivity index (χ1) is 15.0. The molecule has 2 saturated heterocycles. The Bertz CT molecular complexity index is 1040. The van der Waals surface area contributed by atoms with Gasteiger partial charge in [0.15, 0.2) is 0 Å². The van der Waals surface area contributed by atoms with Crippen LogP contribution in [-0.2, 0) is 16.0 Å². The lowest BCUT2D eigenvalue weighted by molar-refractivity contribution is -0.147. The molecule has 166 valence electrons. The molecule has 2 fully saturated rings. The van der Waals surface area contributed by atoms with Crippen molar-refractivity contribution < 1.29 is 18.7 Å². The molecule has 31 heavy (non-hydrogen) atoms. The van der Waals surface area contributed by atoms with Crippen LogP contribution >= 0.6 is 0 Å². The second-order valence-corrected chi connectivity index (χ2v) is 8.49. The Hall–Kier alpha value is -2.83. The van der Waals surface area contributed by atoms with Crippen LogP contribution in [0.15, 0.2) is 27.4 Å². The Morgan fingerprint density at radius 3 is 2.61 bits per heavy atom. The van der Waals surface area contributed by atoms with E-state index in [0.29, 0.717) is 29.9 Å². The third-order valence-electron chi connectivity index (χ3n) is 6.61. The van der Waals surface area contributed by atoms with E-state index in [0.717, 1.165) is 56.1 Å². The second kappa shape index (κ2) is 9.12. The molecule has 0 spiro atoms. The van der Waals surface area contributed by atoms with E-state index in [1.165, 1.54) is 0 Å². The maximum absolute atomic E-state index is 13.1. The fourth-order valence-corrected chi connectivity index (χ4v) is 4.80. The second-order valence-electron chi connectivity index (χ2n) is 8.49. The first-order valence-electron chi connectivity index (χ1n) is 11.2. The summed E-state index contributed by atoms with van der Waals surface area (Å²) in [6.45, 7) is 4.07. The summed E-state index contributed by atoms with van der Waals surface area (Å²) >= 11 is 0. The predicted octanol–water partition coefficient (Wildman–Crippen LogP) is 3.05. The number of nitrogens with zero attached hydrogens (tertiary/aromatic N) is 2. The third kappa shape index (κ3) is 4.31. The van der Waals surface area contributed by atoms with E-state index in [1.807, 2.05) is 24.0 Å². The number of piperidine rings is 1. The minimum Gasteiger partial charge on any atom is -0.497 e. The van der Waals surface area contributed by atoms with Crippen molar-refractivity contribution in [3.63, 3.8) is 0 Å². The molecule has 2 amide bonds. The van der Waals surface area contributed by atoms with E-state index < -0.39 is 5.63 Å². The highest BCUT2D eigenvalue weighted by atomic mass is 16.5. The molecule has 1 aromatic carbocycles. The number of ether oxygens (including phenoxy) is 1. The molecule has 0 saturated carbocycles. The zero-order valence-electron chi connectivity index (χ0n) is 18.3. The average Bonchev–Trinajstić information content (AvgIpc) is 3.33. The quantitative estimate of drug-likeness (QED) is 0.687. The highest BCUT2D eigenvalue weighted by Crippen LogP contribution is 2.26. The molecule has 7 heteroatoms. The van der Waals surface area contributed by atoms with Gasteiger partial charge in [-0.2, -0.15) is 0 Å². The Kier molecular flexibility index (Phi) is 6.30. The van der Waals surface area contributed by atoms with Crippen molar-refractivity contribution in [1.29, 1.82) is 0 Å². The van der Waals surface area contributed by atoms with Crippen LogP contribution in [0.3, 0.4) is 0 Å². The number of carbonyl (C=O) groups is 2. The molecule has 0 bridgehead atoms. The lowest BCUT2D eigenvalue weighted by atomic mass is 9.98. The summed E-state index contributed by atoms with van der Waals surface area (Å²) in [5.74, 6) is 0.642. The van der Waals surface area contributed by atoms with Crippen LogP contribution in [0.4, 0.5) is 0 Å². The third-order valence-corrected chi connectivity index (χ3v) is 6.61. The van der Waals surface area contributed by atoms with Crippen molar-refractivity contribution >= 4 is 22.8 Å². The molecule has 1 atom stereocenters. The summed E-state index contributed by atoms with van der Waals surface area (Å²) in [5, 5.41) is 0.836. The van der Waals surface area contributed by atoms with Gasteiger partial charge in [0, 0.05) is 43.1 Å². The van der Waals surface area contributed by atoms with Crippen LogP contribution in [0, 0.1) is 6.92 Å². The van der Waals surface area contributed by atoms with Crippen LogP contribution in [0.2, 0.25) is 0 Å². The molecule has 1 unspecified atom stereocenters. The van der Waals surface area contributed by atoms with Crippen LogP contribution in [-0.4, -0.2) is 54.4 Å². The number of hydrogen-bond donors (Lipinski definition) is 0. The van der Waals surface area contributed by atoms with Crippen molar-refractivity contribution in [3.05, 3.63) is 39.7 Å². The van der Waals surface area contributed by atoms with E-state index in [1.54, 1.807) is 18.1 Å². The highest BCUT2D eigenvalue weighted by molar-refractivity contribution is 5.88. The summed E-state index contributed by atoms with van der Waals surface area (Å²) in [6.07, 6.45) is 5.16. The number of carbonyl (C=O) groups excluding carboxylic acids is 2. The lowest BCUT2D eigenvalue weighted by Gasteiger charge is -2.37. The standard InChI is InChI=1S/C24H30N2O5/c1-16-18-9-8-17(30-2)15-21(18)31-24(29)19(16)10-11-22(27)26-14-4-3-7-20(26)23(28)25-12-5-6-13-25/h8-9,15,20H,3-7,10-14H2,1-2H3. The minimum atomic E-state index is -0.422. The van der Waals surface area contributed by atoms with Gasteiger partial charge in [0.05, 0.1) is 7.11 Å². The largest absolute Gasteiger partial charge is 0.497 e. The van der Waals surface area contributed by atoms with Gasteiger partial charge in [-0.25, -0.2) is 4.79 Å². The summed E-state index contributed by atoms with van der Waals surface area (Å²) in [6, 6.07) is 5.03. The highest BCUT2D eigenvalue weighted by Gasteiger charge is 2.35. The van der Waals surface area contributed by atoms with Gasteiger partial charge in [0.25, 0.3) is 0 Å². The SMILES string of the molecule is COc1ccc2c(C)c(CCC(=O)N3CCCCC3C(=O)N3CCCC3)c(=O)oc2c1. The van der Waals surface area contributed by atoms with Gasteiger partial charge < -0.3 is 19.0 Å². The minimum absolute atomic E-state index is 0.0640. The Labute approximate surface area is 181 Å². The zero-order valence-corrected chi connectivity index (χ0v) is 18.3. The predicted molar refractivity (Wildman–Crippen MR) is 117 cm³/mol. The smallest absolute Gasteiger partial charge is 0.339 e. The first kappa shape index (κ1) is 21.4. The van der Waals surface area contributed by atoms with Crippen molar-refractivity contribution in [1.82, 2.24) is 9.80 Å². The maximum atomic E-state index is 13.1. The molecular weight excluding hydrogens is 396 g/mol.